The van der Waals surface area contributed by atoms with Crippen LogP contribution in [0, 0.1) is 0 Å². The van der Waals surface area contributed by atoms with E-state index in [4.69, 9.17) is 4.74 Å². The number of esters is 1. The molecule has 1 atom stereocenters. The van der Waals surface area contributed by atoms with Gasteiger partial charge in [0, 0.05) is 12.0 Å². The van der Waals surface area contributed by atoms with Gasteiger partial charge in [-0.2, -0.15) is 0 Å². The summed E-state index contributed by atoms with van der Waals surface area (Å²) in [6, 6.07) is 9.84. The van der Waals surface area contributed by atoms with Crippen molar-refractivity contribution in [1.29, 1.82) is 0 Å². The van der Waals surface area contributed by atoms with Crippen molar-refractivity contribution in [2.75, 3.05) is 0 Å². The molecule has 0 bridgehead atoms. The van der Waals surface area contributed by atoms with Crippen molar-refractivity contribution in [3.8, 4) is 0 Å². The molecule has 0 aliphatic carbocycles. The lowest BCUT2D eigenvalue weighted by atomic mass is 10.1. The van der Waals surface area contributed by atoms with Crippen molar-refractivity contribution in [3.05, 3.63) is 60.7 Å². The molecule has 1 unspecified atom stereocenters. The SMILES string of the molecule is C=CC(Cc1ccccc1)OC(=O)C(=C)C. The number of ether oxygens (including phenoxy) is 1. The van der Waals surface area contributed by atoms with Gasteiger partial charge in [-0.15, -0.1) is 0 Å². The summed E-state index contributed by atoms with van der Waals surface area (Å²) >= 11 is 0. The van der Waals surface area contributed by atoms with Crippen LogP contribution in [-0.2, 0) is 16.0 Å². The molecule has 0 aromatic heterocycles. The van der Waals surface area contributed by atoms with Gasteiger partial charge in [-0.05, 0) is 12.5 Å². The smallest absolute Gasteiger partial charge is 0.333 e. The molecule has 0 fully saturated rings. The lowest BCUT2D eigenvalue weighted by Gasteiger charge is -2.13. The molecular weight excluding hydrogens is 200 g/mol. The second-order valence-corrected chi connectivity index (χ2v) is 3.65. The summed E-state index contributed by atoms with van der Waals surface area (Å²) in [7, 11) is 0. The zero-order valence-corrected chi connectivity index (χ0v) is 9.48. The normalized spacial score (nSPS) is 11.6. The van der Waals surface area contributed by atoms with E-state index < -0.39 is 0 Å². The zero-order chi connectivity index (χ0) is 12.0. The van der Waals surface area contributed by atoms with Crippen LogP contribution < -0.4 is 0 Å². The largest absolute Gasteiger partial charge is 0.454 e. The highest BCUT2D eigenvalue weighted by Crippen LogP contribution is 2.08. The predicted octanol–water partition coefficient (Wildman–Crippen LogP) is 2.90. The molecule has 1 rings (SSSR count). The van der Waals surface area contributed by atoms with E-state index in [0.29, 0.717) is 12.0 Å². The van der Waals surface area contributed by atoms with Crippen molar-refractivity contribution in [2.45, 2.75) is 19.4 Å². The van der Waals surface area contributed by atoms with E-state index in [9.17, 15) is 4.79 Å². The molecule has 0 aliphatic heterocycles. The second kappa shape index (κ2) is 5.91. The van der Waals surface area contributed by atoms with Crippen LogP contribution in [0.25, 0.3) is 0 Å². The monoisotopic (exact) mass is 216 g/mol. The van der Waals surface area contributed by atoms with E-state index in [1.165, 1.54) is 0 Å². The van der Waals surface area contributed by atoms with Gasteiger partial charge in [-0.3, -0.25) is 0 Å². The molecule has 2 nitrogen and oxygen atoms in total. The van der Waals surface area contributed by atoms with Crippen molar-refractivity contribution in [2.24, 2.45) is 0 Å². The first-order valence-electron chi connectivity index (χ1n) is 5.16. The van der Waals surface area contributed by atoms with Gasteiger partial charge in [0.05, 0.1) is 0 Å². The standard InChI is InChI=1S/C14H16O2/c1-4-13(16-14(15)11(2)3)10-12-8-6-5-7-9-12/h4-9,13H,1-2,10H2,3H3. The molecule has 0 heterocycles. The third kappa shape index (κ3) is 3.73. The zero-order valence-electron chi connectivity index (χ0n) is 9.48. The summed E-state index contributed by atoms with van der Waals surface area (Å²) in [5, 5.41) is 0. The molecule has 1 aromatic rings. The van der Waals surface area contributed by atoms with Gasteiger partial charge < -0.3 is 4.74 Å². The molecule has 0 N–H and O–H groups in total. The first-order valence-corrected chi connectivity index (χ1v) is 5.16. The Morgan fingerprint density at radius 1 is 1.44 bits per heavy atom. The Morgan fingerprint density at radius 3 is 2.56 bits per heavy atom. The van der Waals surface area contributed by atoms with Gasteiger partial charge in [0.15, 0.2) is 0 Å². The minimum Gasteiger partial charge on any atom is -0.454 e. The van der Waals surface area contributed by atoms with Gasteiger partial charge >= 0.3 is 5.97 Å². The number of hydrogen-bond donors (Lipinski definition) is 0. The number of hydrogen-bond acceptors (Lipinski definition) is 2. The van der Waals surface area contributed by atoms with Crippen molar-refractivity contribution in [1.82, 2.24) is 0 Å². The average Bonchev–Trinajstić information content (AvgIpc) is 2.29. The summed E-state index contributed by atoms with van der Waals surface area (Å²) in [6.07, 6.45) is 1.98. The molecule has 0 spiro atoms. The number of benzene rings is 1. The highest BCUT2D eigenvalue weighted by molar-refractivity contribution is 5.87. The van der Waals surface area contributed by atoms with E-state index in [0.717, 1.165) is 5.56 Å². The first-order chi connectivity index (χ1) is 7.63. The fourth-order valence-electron chi connectivity index (χ4n) is 1.26. The molecule has 2 heteroatoms. The summed E-state index contributed by atoms with van der Waals surface area (Å²) in [4.78, 5) is 11.3. The number of rotatable bonds is 5. The highest BCUT2D eigenvalue weighted by atomic mass is 16.5. The fourth-order valence-corrected chi connectivity index (χ4v) is 1.26. The van der Waals surface area contributed by atoms with E-state index in [2.05, 4.69) is 13.2 Å². The molecule has 16 heavy (non-hydrogen) atoms. The summed E-state index contributed by atoms with van der Waals surface area (Å²) in [5.41, 5.74) is 1.52. The Morgan fingerprint density at radius 2 is 2.06 bits per heavy atom. The Hall–Kier alpha value is -1.83. The molecule has 0 radical (unpaired) electrons. The summed E-state index contributed by atoms with van der Waals surface area (Å²) < 4.78 is 5.21. The molecule has 0 saturated carbocycles. The van der Waals surface area contributed by atoms with Crippen LogP contribution in [0.5, 0.6) is 0 Å². The van der Waals surface area contributed by atoms with Gasteiger partial charge in [-0.25, -0.2) is 4.79 Å². The maximum atomic E-state index is 11.3. The van der Waals surface area contributed by atoms with E-state index in [1.54, 1.807) is 13.0 Å². The van der Waals surface area contributed by atoms with Crippen LogP contribution in [0.4, 0.5) is 0 Å². The third-order valence-electron chi connectivity index (χ3n) is 2.15. The van der Waals surface area contributed by atoms with Crippen LogP contribution in [0.1, 0.15) is 12.5 Å². The minimum absolute atomic E-state index is 0.299. The fraction of sp³-hybridized carbons (Fsp3) is 0.214. The van der Waals surface area contributed by atoms with Crippen molar-refractivity contribution < 1.29 is 9.53 Å². The molecule has 1 aromatic carbocycles. The quantitative estimate of drug-likeness (QED) is 0.430. The van der Waals surface area contributed by atoms with Crippen LogP contribution in [0.2, 0.25) is 0 Å². The topological polar surface area (TPSA) is 26.3 Å². The van der Waals surface area contributed by atoms with Crippen molar-refractivity contribution >= 4 is 5.97 Å². The number of carbonyl (C=O) groups excluding carboxylic acids is 1. The molecule has 0 amide bonds. The first kappa shape index (κ1) is 12.2. The molecule has 0 saturated heterocycles. The van der Waals surface area contributed by atoms with Crippen molar-refractivity contribution in [3.63, 3.8) is 0 Å². The third-order valence-corrected chi connectivity index (χ3v) is 2.15. The molecular formula is C14H16O2. The average molecular weight is 216 g/mol. The molecule has 0 aliphatic rings. The lowest BCUT2D eigenvalue weighted by Crippen LogP contribution is -2.18. The van der Waals surface area contributed by atoms with Crippen LogP contribution >= 0.6 is 0 Å². The van der Waals surface area contributed by atoms with E-state index >= 15 is 0 Å². The van der Waals surface area contributed by atoms with E-state index in [-0.39, 0.29) is 12.1 Å². The van der Waals surface area contributed by atoms with Gasteiger partial charge in [0.1, 0.15) is 6.10 Å². The Labute approximate surface area is 96.2 Å². The van der Waals surface area contributed by atoms with Crippen LogP contribution in [0.15, 0.2) is 55.1 Å². The predicted molar refractivity (Wildman–Crippen MR) is 65.0 cm³/mol. The maximum Gasteiger partial charge on any atom is 0.333 e. The summed E-state index contributed by atoms with van der Waals surface area (Å²) in [6.45, 7) is 8.83. The lowest BCUT2D eigenvalue weighted by molar-refractivity contribution is -0.142. The van der Waals surface area contributed by atoms with Gasteiger partial charge in [-0.1, -0.05) is 49.6 Å². The molecule has 84 valence electrons. The highest BCUT2D eigenvalue weighted by Gasteiger charge is 2.11. The van der Waals surface area contributed by atoms with Crippen LogP contribution in [-0.4, -0.2) is 12.1 Å². The van der Waals surface area contributed by atoms with Crippen LogP contribution in [0.3, 0.4) is 0 Å². The Kier molecular flexibility index (Phi) is 4.52. The Balaban J connectivity index is 2.60. The second-order valence-electron chi connectivity index (χ2n) is 3.65. The van der Waals surface area contributed by atoms with Gasteiger partial charge in [0.25, 0.3) is 0 Å². The maximum absolute atomic E-state index is 11.3. The minimum atomic E-state index is -0.374. The number of carbonyl (C=O) groups is 1. The summed E-state index contributed by atoms with van der Waals surface area (Å²) in [5.74, 6) is -0.374. The van der Waals surface area contributed by atoms with E-state index in [1.807, 2.05) is 30.3 Å². The van der Waals surface area contributed by atoms with Gasteiger partial charge in [0.2, 0.25) is 0 Å². The Bertz CT molecular complexity index is 379.